The molecule has 0 fully saturated rings. The number of hydrogen-bond donors (Lipinski definition) is 0. The van der Waals surface area contributed by atoms with Gasteiger partial charge in [-0.3, -0.25) is 4.99 Å². The van der Waals surface area contributed by atoms with Crippen molar-refractivity contribution in [3.8, 4) is 11.5 Å². The van der Waals surface area contributed by atoms with E-state index in [4.69, 9.17) is 9.47 Å². The first-order chi connectivity index (χ1) is 14.8. The van der Waals surface area contributed by atoms with Gasteiger partial charge in [-0.2, -0.15) is 0 Å². The lowest BCUT2D eigenvalue weighted by molar-refractivity contribution is 0.284. The van der Waals surface area contributed by atoms with Crippen molar-refractivity contribution in [2.24, 2.45) is 4.99 Å². The first-order valence-corrected chi connectivity index (χ1v) is 12.6. The van der Waals surface area contributed by atoms with Gasteiger partial charge in [-0.05, 0) is 36.6 Å². The fourth-order valence-corrected chi connectivity index (χ4v) is 3.63. The molecule has 1 aromatic rings. The molecule has 0 aliphatic heterocycles. The average molecular weight is 418 g/mol. The third kappa shape index (κ3) is 13.7. The Morgan fingerprint density at radius 3 is 1.87 bits per heavy atom. The Hall–Kier alpha value is -1.51. The van der Waals surface area contributed by atoms with Gasteiger partial charge in [-0.25, -0.2) is 0 Å². The molecule has 1 aromatic carbocycles. The topological polar surface area (TPSA) is 30.8 Å². The van der Waals surface area contributed by atoms with E-state index in [0.29, 0.717) is 0 Å². The van der Waals surface area contributed by atoms with Crippen LogP contribution in [0.3, 0.4) is 0 Å². The van der Waals surface area contributed by atoms with Crippen LogP contribution in [-0.4, -0.2) is 26.5 Å². The first-order valence-electron chi connectivity index (χ1n) is 12.6. The van der Waals surface area contributed by atoms with Gasteiger partial charge in [0.25, 0.3) is 0 Å². The van der Waals surface area contributed by atoms with E-state index in [1.165, 1.54) is 89.9 Å². The number of nitrogens with zero attached hydrogens (tertiary/aromatic N) is 1. The zero-order valence-corrected chi connectivity index (χ0v) is 20.1. The molecular formula is C27H47NO2. The fourth-order valence-electron chi connectivity index (χ4n) is 3.63. The minimum absolute atomic E-state index is 0.758. The van der Waals surface area contributed by atoms with Gasteiger partial charge in [0.2, 0.25) is 0 Å². The van der Waals surface area contributed by atoms with E-state index in [-0.39, 0.29) is 0 Å². The van der Waals surface area contributed by atoms with E-state index in [9.17, 15) is 0 Å². The smallest absolute Gasteiger partial charge is 0.161 e. The normalized spacial score (nSPS) is 11.3. The second kappa shape index (κ2) is 19.5. The number of hydrogen-bond acceptors (Lipinski definition) is 3. The van der Waals surface area contributed by atoms with Crippen LogP contribution in [0, 0.1) is 0 Å². The molecule has 30 heavy (non-hydrogen) atoms. The third-order valence-electron chi connectivity index (χ3n) is 5.57. The van der Waals surface area contributed by atoms with Gasteiger partial charge in [-0.15, -0.1) is 0 Å². The molecule has 172 valence electrons. The van der Waals surface area contributed by atoms with Gasteiger partial charge in [0.15, 0.2) is 11.5 Å². The maximum Gasteiger partial charge on any atom is 0.161 e. The molecule has 0 heterocycles. The predicted octanol–water partition coefficient (Wildman–Crippen LogP) is 8.38. The molecule has 0 N–H and O–H groups in total. The van der Waals surface area contributed by atoms with Crippen molar-refractivity contribution < 1.29 is 9.47 Å². The number of ether oxygens (including phenoxy) is 2. The molecule has 0 aliphatic rings. The SMILES string of the molecule is CCCCCCCCCCCN=Cc1ccc(OCCCCCCCC)c(OC)c1. The molecule has 0 atom stereocenters. The van der Waals surface area contributed by atoms with Crippen LogP contribution in [0.4, 0.5) is 0 Å². The zero-order valence-electron chi connectivity index (χ0n) is 20.1. The Kier molecular flexibility index (Phi) is 17.2. The number of methoxy groups -OCH3 is 1. The number of rotatable bonds is 20. The molecule has 1 rings (SSSR count). The van der Waals surface area contributed by atoms with E-state index in [1.807, 2.05) is 18.3 Å². The van der Waals surface area contributed by atoms with Gasteiger partial charge < -0.3 is 9.47 Å². The summed E-state index contributed by atoms with van der Waals surface area (Å²) in [5, 5.41) is 0. The van der Waals surface area contributed by atoms with Crippen LogP contribution in [0.15, 0.2) is 23.2 Å². The molecule has 0 aromatic heterocycles. The lowest BCUT2D eigenvalue weighted by atomic mass is 10.1. The summed E-state index contributed by atoms with van der Waals surface area (Å²) in [7, 11) is 1.70. The Morgan fingerprint density at radius 2 is 1.27 bits per heavy atom. The largest absolute Gasteiger partial charge is 0.493 e. The van der Waals surface area contributed by atoms with Crippen LogP contribution < -0.4 is 9.47 Å². The summed E-state index contributed by atoms with van der Waals surface area (Å²) in [5.74, 6) is 1.63. The summed E-state index contributed by atoms with van der Waals surface area (Å²) in [4.78, 5) is 4.59. The molecule has 0 amide bonds. The Balaban J connectivity index is 2.19. The Bertz CT molecular complexity index is 542. The predicted molar refractivity (Wildman–Crippen MR) is 132 cm³/mol. The summed E-state index contributed by atoms with van der Waals surface area (Å²) >= 11 is 0. The molecule has 3 nitrogen and oxygen atoms in total. The molecule has 0 aliphatic carbocycles. The van der Waals surface area contributed by atoms with Crippen LogP contribution >= 0.6 is 0 Å². The van der Waals surface area contributed by atoms with Gasteiger partial charge in [0, 0.05) is 12.8 Å². The van der Waals surface area contributed by atoms with Crippen molar-refractivity contribution in [3.05, 3.63) is 23.8 Å². The van der Waals surface area contributed by atoms with Crippen molar-refractivity contribution in [1.82, 2.24) is 0 Å². The van der Waals surface area contributed by atoms with Crippen LogP contribution in [0.25, 0.3) is 0 Å². The molecular weight excluding hydrogens is 370 g/mol. The highest BCUT2D eigenvalue weighted by molar-refractivity contribution is 5.80. The Morgan fingerprint density at radius 1 is 0.700 bits per heavy atom. The molecule has 0 saturated heterocycles. The minimum Gasteiger partial charge on any atom is -0.493 e. The highest BCUT2D eigenvalue weighted by Crippen LogP contribution is 2.28. The number of unbranched alkanes of at least 4 members (excludes halogenated alkanes) is 13. The number of aliphatic imine (C=N–C) groups is 1. The number of benzene rings is 1. The zero-order chi connectivity index (χ0) is 21.7. The van der Waals surface area contributed by atoms with Crippen LogP contribution in [0.1, 0.15) is 116 Å². The van der Waals surface area contributed by atoms with Crippen molar-refractivity contribution in [1.29, 1.82) is 0 Å². The average Bonchev–Trinajstić information content (AvgIpc) is 2.77. The van der Waals surface area contributed by atoms with Crippen molar-refractivity contribution in [2.45, 2.75) is 110 Å². The third-order valence-corrected chi connectivity index (χ3v) is 5.57. The van der Waals surface area contributed by atoms with E-state index < -0.39 is 0 Å². The highest BCUT2D eigenvalue weighted by atomic mass is 16.5. The summed E-state index contributed by atoms with van der Waals surface area (Å²) in [6.45, 7) is 6.19. The van der Waals surface area contributed by atoms with Crippen molar-refractivity contribution in [3.63, 3.8) is 0 Å². The van der Waals surface area contributed by atoms with Gasteiger partial charge in [-0.1, -0.05) is 97.3 Å². The maximum atomic E-state index is 5.93. The van der Waals surface area contributed by atoms with Crippen molar-refractivity contribution >= 4 is 6.21 Å². The molecule has 0 saturated carbocycles. The van der Waals surface area contributed by atoms with Crippen LogP contribution in [0.5, 0.6) is 11.5 Å². The summed E-state index contributed by atoms with van der Waals surface area (Å²) < 4.78 is 11.4. The van der Waals surface area contributed by atoms with Gasteiger partial charge >= 0.3 is 0 Å². The fraction of sp³-hybridized carbons (Fsp3) is 0.741. The second-order valence-electron chi connectivity index (χ2n) is 8.39. The maximum absolute atomic E-state index is 5.93. The second-order valence-corrected chi connectivity index (χ2v) is 8.39. The summed E-state index contributed by atoms with van der Waals surface area (Å²) in [5.41, 5.74) is 1.08. The van der Waals surface area contributed by atoms with Gasteiger partial charge in [0.05, 0.1) is 13.7 Å². The molecule has 0 spiro atoms. The van der Waals surface area contributed by atoms with Crippen molar-refractivity contribution in [2.75, 3.05) is 20.3 Å². The molecule has 0 unspecified atom stereocenters. The monoisotopic (exact) mass is 417 g/mol. The standard InChI is InChI=1S/C27H47NO2/c1-4-6-8-10-12-13-14-15-17-21-28-24-25-19-20-26(27(23-25)29-3)30-22-18-16-11-9-7-5-2/h19-20,23-24H,4-18,21-22H2,1-3H3. The summed E-state index contributed by atoms with van der Waals surface area (Å²) in [6.07, 6.45) is 21.7. The van der Waals surface area contributed by atoms with Crippen LogP contribution in [0.2, 0.25) is 0 Å². The van der Waals surface area contributed by atoms with E-state index in [0.717, 1.165) is 36.6 Å². The molecule has 0 radical (unpaired) electrons. The minimum atomic E-state index is 0.758. The molecule has 3 heteroatoms. The molecule has 0 bridgehead atoms. The lowest BCUT2D eigenvalue weighted by Crippen LogP contribution is -2.00. The Labute approximate surface area is 186 Å². The van der Waals surface area contributed by atoms with E-state index >= 15 is 0 Å². The van der Waals surface area contributed by atoms with E-state index in [2.05, 4.69) is 24.9 Å². The van der Waals surface area contributed by atoms with Gasteiger partial charge in [0.1, 0.15) is 0 Å². The first kappa shape index (κ1) is 26.5. The summed E-state index contributed by atoms with van der Waals surface area (Å²) in [6, 6.07) is 6.10. The quantitative estimate of drug-likeness (QED) is 0.157. The lowest BCUT2D eigenvalue weighted by Gasteiger charge is -2.11. The highest BCUT2D eigenvalue weighted by Gasteiger charge is 2.05. The van der Waals surface area contributed by atoms with Crippen LogP contribution in [-0.2, 0) is 0 Å². The van der Waals surface area contributed by atoms with E-state index in [1.54, 1.807) is 7.11 Å².